The number of anilines is 1. The third kappa shape index (κ3) is 6.24. The van der Waals surface area contributed by atoms with Crippen LogP contribution in [0.3, 0.4) is 0 Å². The van der Waals surface area contributed by atoms with Gasteiger partial charge in [0.25, 0.3) is 0 Å². The van der Waals surface area contributed by atoms with Crippen molar-refractivity contribution in [3.05, 3.63) is 27.8 Å². The molecule has 0 atom stereocenters. The van der Waals surface area contributed by atoms with Crippen LogP contribution in [0.15, 0.2) is 24.3 Å². The van der Waals surface area contributed by atoms with E-state index in [2.05, 4.69) is 56.7 Å². The van der Waals surface area contributed by atoms with Gasteiger partial charge in [0.2, 0.25) is 0 Å². The number of hydrogen-bond donors (Lipinski definition) is 0. The first-order valence-electron chi connectivity index (χ1n) is 10.0. The number of amides is 1. The number of hydrogen-bond acceptors (Lipinski definition) is 4. The van der Waals surface area contributed by atoms with Crippen LogP contribution >= 0.6 is 22.6 Å². The molecule has 2 aliphatic rings. The maximum Gasteiger partial charge on any atom is 0.410 e. The average Bonchev–Trinajstić information content (AvgIpc) is 2.61. The molecule has 2 aliphatic heterocycles. The third-order valence-electron chi connectivity index (χ3n) is 5.33. The highest BCUT2D eigenvalue weighted by atomic mass is 127. The van der Waals surface area contributed by atoms with Gasteiger partial charge in [-0.05, 0) is 80.3 Å². The first kappa shape index (κ1) is 20.7. The van der Waals surface area contributed by atoms with Crippen LogP contribution < -0.4 is 4.90 Å². The van der Waals surface area contributed by atoms with Crippen LogP contribution in [0, 0.1) is 9.49 Å². The monoisotopic (exact) mass is 485 g/mol. The highest BCUT2D eigenvalue weighted by molar-refractivity contribution is 14.1. The zero-order valence-electron chi connectivity index (χ0n) is 16.8. The van der Waals surface area contributed by atoms with E-state index in [1.165, 1.54) is 9.26 Å². The quantitative estimate of drug-likeness (QED) is 0.606. The van der Waals surface area contributed by atoms with E-state index in [1.807, 2.05) is 25.7 Å². The summed E-state index contributed by atoms with van der Waals surface area (Å²) in [6.07, 6.45) is 2.00. The summed E-state index contributed by atoms with van der Waals surface area (Å²) in [5.41, 5.74) is 0.928. The fourth-order valence-corrected chi connectivity index (χ4v) is 4.38. The van der Waals surface area contributed by atoms with Gasteiger partial charge in [0, 0.05) is 55.1 Å². The molecule has 2 heterocycles. The first-order chi connectivity index (χ1) is 12.8. The van der Waals surface area contributed by atoms with Gasteiger partial charge in [-0.15, -0.1) is 0 Å². The van der Waals surface area contributed by atoms with Crippen LogP contribution in [0.25, 0.3) is 0 Å². The molecule has 0 radical (unpaired) electrons. The topological polar surface area (TPSA) is 36.0 Å². The predicted molar refractivity (Wildman–Crippen MR) is 118 cm³/mol. The van der Waals surface area contributed by atoms with Crippen molar-refractivity contribution in [1.82, 2.24) is 9.80 Å². The number of ether oxygens (including phenoxy) is 1. The Balaban J connectivity index is 1.40. The minimum Gasteiger partial charge on any atom is -0.444 e. The zero-order valence-corrected chi connectivity index (χ0v) is 18.9. The number of rotatable bonds is 3. The van der Waals surface area contributed by atoms with E-state index in [0.29, 0.717) is 5.92 Å². The fourth-order valence-electron chi connectivity index (χ4n) is 3.85. The molecule has 1 aromatic rings. The van der Waals surface area contributed by atoms with E-state index >= 15 is 0 Å². The Morgan fingerprint density at radius 2 is 1.78 bits per heavy atom. The summed E-state index contributed by atoms with van der Waals surface area (Å²) in [5, 5.41) is 0. The molecule has 3 rings (SSSR count). The van der Waals surface area contributed by atoms with Crippen LogP contribution in [-0.2, 0) is 4.74 Å². The number of halogens is 1. The lowest BCUT2D eigenvalue weighted by Gasteiger charge is -2.39. The summed E-state index contributed by atoms with van der Waals surface area (Å²) in [6.45, 7) is 13.0. The largest absolute Gasteiger partial charge is 0.444 e. The number of carbonyl (C=O) groups excluding carboxylic acids is 1. The molecule has 5 nitrogen and oxygen atoms in total. The van der Waals surface area contributed by atoms with Crippen molar-refractivity contribution >= 4 is 34.4 Å². The standard InChI is InChI=1S/C21H32IN3O2/c1-21(2,3)27-20(26)25-9-7-17(8-10-25)16-23-11-13-24(14-12-23)19-6-4-5-18(22)15-19/h4-6,15,17H,7-14,16H2,1-3H3. The van der Waals surface area contributed by atoms with Crippen molar-refractivity contribution in [2.45, 2.75) is 39.2 Å². The zero-order chi connectivity index (χ0) is 19.4. The summed E-state index contributed by atoms with van der Waals surface area (Å²) < 4.78 is 6.79. The van der Waals surface area contributed by atoms with Crippen LogP contribution in [-0.4, -0.2) is 67.3 Å². The molecule has 1 aromatic carbocycles. The lowest BCUT2D eigenvalue weighted by molar-refractivity contribution is 0.0169. The van der Waals surface area contributed by atoms with Gasteiger partial charge in [-0.25, -0.2) is 4.79 Å². The van der Waals surface area contributed by atoms with Gasteiger partial charge in [0.1, 0.15) is 5.60 Å². The summed E-state index contributed by atoms with van der Waals surface area (Å²) in [6, 6.07) is 8.76. The Morgan fingerprint density at radius 1 is 1.11 bits per heavy atom. The second-order valence-electron chi connectivity index (χ2n) is 8.68. The third-order valence-corrected chi connectivity index (χ3v) is 6.00. The van der Waals surface area contributed by atoms with Crippen molar-refractivity contribution in [1.29, 1.82) is 0 Å². The van der Waals surface area contributed by atoms with Crippen molar-refractivity contribution in [2.75, 3.05) is 50.7 Å². The molecule has 150 valence electrons. The molecule has 2 fully saturated rings. The molecule has 2 saturated heterocycles. The van der Waals surface area contributed by atoms with E-state index < -0.39 is 5.60 Å². The molecule has 0 unspecified atom stereocenters. The summed E-state index contributed by atoms with van der Waals surface area (Å²) in [5.74, 6) is 0.688. The number of piperazine rings is 1. The van der Waals surface area contributed by atoms with Gasteiger partial charge in [-0.3, -0.25) is 4.90 Å². The lowest BCUT2D eigenvalue weighted by Crippen LogP contribution is -2.49. The second kappa shape index (κ2) is 8.99. The first-order valence-corrected chi connectivity index (χ1v) is 11.1. The van der Waals surface area contributed by atoms with Crippen molar-refractivity contribution < 1.29 is 9.53 Å². The number of piperidine rings is 1. The lowest BCUT2D eigenvalue weighted by atomic mass is 9.96. The highest BCUT2D eigenvalue weighted by Crippen LogP contribution is 2.23. The van der Waals surface area contributed by atoms with Crippen LogP contribution in [0.1, 0.15) is 33.6 Å². The Bertz CT molecular complexity index is 631. The van der Waals surface area contributed by atoms with E-state index in [4.69, 9.17) is 4.74 Å². The second-order valence-corrected chi connectivity index (χ2v) is 9.92. The van der Waals surface area contributed by atoms with Crippen LogP contribution in [0.4, 0.5) is 10.5 Å². The molecule has 0 aliphatic carbocycles. The van der Waals surface area contributed by atoms with Crippen molar-refractivity contribution in [3.8, 4) is 0 Å². The SMILES string of the molecule is CC(C)(C)OC(=O)N1CCC(CN2CCN(c3cccc(I)c3)CC2)CC1. The Hall–Kier alpha value is -1.02. The maximum absolute atomic E-state index is 12.2. The van der Waals surface area contributed by atoms with Gasteiger partial charge in [0.15, 0.2) is 0 Å². The average molecular weight is 485 g/mol. The van der Waals surface area contributed by atoms with E-state index in [0.717, 1.165) is 58.7 Å². The molecule has 0 bridgehead atoms. The fraction of sp³-hybridized carbons (Fsp3) is 0.667. The highest BCUT2D eigenvalue weighted by Gasteiger charge is 2.28. The normalized spacial score (nSPS) is 20.0. The van der Waals surface area contributed by atoms with Crippen molar-refractivity contribution in [3.63, 3.8) is 0 Å². The smallest absolute Gasteiger partial charge is 0.410 e. The number of carbonyl (C=O) groups is 1. The molecule has 6 heteroatoms. The van der Waals surface area contributed by atoms with E-state index in [9.17, 15) is 4.79 Å². The molecule has 0 aromatic heterocycles. The van der Waals surface area contributed by atoms with Gasteiger partial charge in [-0.1, -0.05) is 6.07 Å². The summed E-state index contributed by atoms with van der Waals surface area (Å²) >= 11 is 2.38. The Kier molecular flexibility index (Phi) is 6.89. The number of benzene rings is 1. The molecule has 1 amide bonds. The number of nitrogens with zero attached hydrogens (tertiary/aromatic N) is 3. The predicted octanol–water partition coefficient (Wildman–Crippen LogP) is 4.06. The van der Waals surface area contributed by atoms with E-state index in [-0.39, 0.29) is 6.09 Å². The number of likely N-dealkylation sites (tertiary alicyclic amines) is 1. The minimum atomic E-state index is -0.412. The minimum absolute atomic E-state index is 0.160. The Morgan fingerprint density at radius 3 is 2.37 bits per heavy atom. The van der Waals surface area contributed by atoms with E-state index in [1.54, 1.807) is 0 Å². The van der Waals surface area contributed by atoms with Gasteiger partial charge < -0.3 is 14.5 Å². The molecule has 0 spiro atoms. The summed E-state index contributed by atoms with van der Waals surface area (Å²) in [7, 11) is 0. The molecule has 27 heavy (non-hydrogen) atoms. The molecule has 0 saturated carbocycles. The van der Waals surface area contributed by atoms with Gasteiger partial charge in [0.05, 0.1) is 0 Å². The molecular formula is C21H32IN3O2. The van der Waals surface area contributed by atoms with Gasteiger partial charge >= 0.3 is 6.09 Å². The van der Waals surface area contributed by atoms with Crippen molar-refractivity contribution in [2.24, 2.45) is 5.92 Å². The molecular weight excluding hydrogens is 453 g/mol. The van der Waals surface area contributed by atoms with Crippen LogP contribution in [0.5, 0.6) is 0 Å². The van der Waals surface area contributed by atoms with Gasteiger partial charge in [-0.2, -0.15) is 0 Å². The Labute approximate surface area is 177 Å². The summed E-state index contributed by atoms with van der Waals surface area (Å²) in [4.78, 5) is 19.1. The van der Waals surface area contributed by atoms with Crippen LogP contribution in [0.2, 0.25) is 0 Å². The molecule has 0 N–H and O–H groups in total. The maximum atomic E-state index is 12.2.